The second-order valence-corrected chi connectivity index (χ2v) is 5.81. The standard InChI is InChI=1S/C15H12ClNS/c1-10-2-7-14-12(8-10)9-17-15(18-14)11-3-5-13(16)6-4-11/h2-8H,9H2,1H3. The zero-order valence-electron chi connectivity index (χ0n) is 9.98. The smallest absolute Gasteiger partial charge is 0.103 e. The SMILES string of the molecule is Cc1ccc2c(c1)CN=C(c1ccc(Cl)cc1)S2. The van der Waals surface area contributed by atoms with Gasteiger partial charge in [0.25, 0.3) is 0 Å². The topological polar surface area (TPSA) is 12.4 Å². The molecule has 2 aromatic carbocycles. The molecular weight excluding hydrogens is 262 g/mol. The van der Waals surface area contributed by atoms with Gasteiger partial charge in [0.05, 0.1) is 6.54 Å². The molecule has 0 bridgehead atoms. The number of nitrogens with zero attached hydrogens (tertiary/aromatic N) is 1. The van der Waals surface area contributed by atoms with Crippen LogP contribution in [0, 0.1) is 6.92 Å². The van der Waals surface area contributed by atoms with Gasteiger partial charge in [-0.15, -0.1) is 0 Å². The molecule has 0 atom stereocenters. The van der Waals surface area contributed by atoms with Crippen LogP contribution in [0.5, 0.6) is 0 Å². The first kappa shape index (κ1) is 11.8. The van der Waals surface area contributed by atoms with Crippen molar-refractivity contribution in [3.05, 3.63) is 64.2 Å². The van der Waals surface area contributed by atoms with Crippen molar-refractivity contribution in [3.63, 3.8) is 0 Å². The van der Waals surface area contributed by atoms with Crippen LogP contribution >= 0.6 is 23.4 Å². The third kappa shape index (κ3) is 2.31. The van der Waals surface area contributed by atoms with E-state index < -0.39 is 0 Å². The lowest BCUT2D eigenvalue weighted by Crippen LogP contribution is -2.03. The van der Waals surface area contributed by atoms with E-state index in [1.165, 1.54) is 16.0 Å². The molecule has 3 heteroatoms. The molecule has 0 aromatic heterocycles. The molecule has 0 radical (unpaired) electrons. The predicted molar refractivity (Wildman–Crippen MR) is 78.7 cm³/mol. The molecule has 2 aromatic rings. The molecule has 1 aliphatic rings. The molecule has 0 amide bonds. The van der Waals surface area contributed by atoms with Crippen LogP contribution in [0.2, 0.25) is 5.02 Å². The number of fused-ring (bicyclic) bond motifs is 1. The summed E-state index contributed by atoms with van der Waals surface area (Å²) >= 11 is 7.63. The van der Waals surface area contributed by atoms with Crippen molar-refractivity contribution in [2.75, 3.05) is 0 Å². The van der Waals surface area contributed by atoms with E-state index in [-0.39, 0.29) is 0 Å². The maximum absolute atomic E-state index is 5.90. The number of benzene rings is 2. The van der Waals surface area contributed by atoms with Crippen LogP contribution in [-0.2, 0) is 6.54 Å². The average molecular weight is 274 g/mol. The summed E-state index contributed by atoms with van der Waals surface area (Å²) in [5, 5.41) is 1.83. The first-order chi connectivity index (χ1) is 8.72. The highest BCUT2D eigenvalue weighted by atomic mass is 35.5. The quantitative estimate of drug-likeness (QED) is 0.733. The van der Waals surface area contributed by atoms with Crippen LogP contribution in [0.3, 0.4) is 0 Å². The first-order valence-corrected chi connectivity index (χ1v) is 6.99. The molecule has 90 valence electrons. The van der Waals surface area contributed by atoms with E-state index in [0.717, 1.165) is 22.2 Å². The Hall–Kier alpha value is -1.25. The maximum Gasteiger partial charge on any atom is 0.103 e. The Labute approximate surface area is 116 Å². The van der Waals surface area contributed by atoms with Gasteiger partial charge in [0.15, 0.2) is 0 Å². The summed E-state index contributed by atoms with van der Waals surface area (Å²) in [6.07, 6.45) is 0. The average Bonchev–Trinajstić information content (AvgIpc) is 2.39. The van der Waals surface area contributed by atoms with E-state index in [1.807, 2.05) is 24.3 Å². The summed E-state index contributed by atoms with van der Waals surface area (Å²) < 4.78 is 0. The van der Waals surface area contributed by atoms with E-state index in [2.05, 4.69) is 30.1 Å². The predicted octanol–water partition coefficient (Wildman–Crippen LogP) is 4.70. The van der Waals surface area contributed by atoms with Gasteiger partial charge in [-0.05, 0) is 30.7 Å². The molecule has 0 N–H and O–H groups in total. The molecule has 18 heavy (non-hydrogen) atoms. The highest BCUT2D eigenvalue weighted by molar-refractivity contribution is 8.14. The number of halogens is 1. The summed E-state index contributed by atoms with van der Waals surface area (Å²) in [6, 6.07) is 14.4. The van der Waals surface area contributed by atoms with Crippen LogP contribution in [0.1, 0.15) is 16.7 Å². The fourth-order valence-corrected chi connectivity index (χ4v) is 3.08. The zero-order valence-corrected chi connectivity index (χ0v) is 11.6. The molecule has 0 saturated heterocycles. The zero-order chi connectivity index (χ0) is 12.5. The van der Waals surface area contributed by atoms with Crippen LogP contribution in [0.25, 0.3) is 0 Å². The van der Waals surface area contributed by atoms with Gasteiger partial charge in [0, 0.05) is 15.5 Å². The van der Waals surface area contributed by atoms with Gasteiger partial charge in [-0.25, -0.2) is 0 Å². The number of aryl methyl sites for hydroxylation is 1. The Kier molecular flexibility index (Phi) is 3.14. The fourth-order valence-electron chi connectivity index (χ4n) is 1.97. The number of hydrogen-bond acceptors (Lipinski definition) is 2. The number of thioether (sulfide) groups is 1. The number of rotatable bonds is 1. The van der Waals surface area contributed by atoms with Crippen LogP contribution < -0.4 is 0 Å². The third-order valence-corrected chi connectivity index (χ3v) is 4.34. The minimum Gasteiger partial charge on any atom is -0.273 e. The van der Waals surface area contributed by atoms with Crippen LogP contribution in [0.4, 0.5) is 0 Å². The van der Waals surface area contributed by atoms with E-state index in [9.17, 15) is 0 Å². The molecule has 1 nitrogen and oxygen atoms in total. The van der Waals surface area contributed by atoms with Crippen molar-refractivity contribution in [1.82, 2.24) is 0 Å². The molecule has 1 aliphatic heterocycles. The lowest BCUT2D eigenvalue weighted by molar-refractivity contribution is 1.02. The summed E-state index contributed by atoms with van der Waals surface area (Å²) in [5.74, 6) is 0. The van der Waals surface area contributed by atoms with Gasteiger partial charge in [-0.2, -0.15) is 0 Å². The molecule has 3 rings (SSSR count). The van der Waals surface area contributed by atoms with Gasteiger partial charge in [-0.1, -0.05) is 53.2 Å². The first-order valence-electron chi connectivity index (χ1n) is 5.80. The van der Waals surface area contributed by atoms with E-state index >= 15 is 0 Å². The molecule has 1 heterocycles. The highest BCUT2D eigenvalue weighted by Crippen LogP contribution is 2.32. The summed E-state index contributed by atoms with van der Waals surface area (Å²) in [7, 11) is 0. The Morgan fingerprint density at radius 1 is 1.11 bits per heavy atom. The third-order valence-electron chi connectivity index (χ3n) is 2.91. The Morgan fingerprint density at radius 3 is 2.67 bits per heavy atom. The highest BCUT2D eigenvalue weighted by Gasteiger charge is 2.14. The minimum atomic E-state index is 0.760. The second kappa shape index (κ2) is 4.79. The molecule has 0 unspecified atom stereocenters. The Balaban J connectivity index is 1.92. The van der Waals surface area contributed by atoms with E-state index in [4.69, 9.17) is 11.6 Å². The fraction of sp³-hybridized carbons (Fsp3) is 0.133. The van der Waals surface area contributed by atoms with E-state index in [0.29, 0.717) is 0 Å². The van der Waals surface area contributed by atoms with Crippen LogP contribution in [0.15, 0.2) is 52.4 Å². The second-order valence-electron chi connectivity index (χ2n) is 4.34. The molecule has 0 aliphatic carbocycles. The number of hydrogen-bond donors (Lipinski definition) is 0. The van der Waals surface area contributed by atoms with Gasteiger partial charge in [0.1, 0.15) is 5.04 Å². The van der Waals surface area contributed by atoms with Crippen molar-refractivity contribution in [2.24, 2.45) is 4.99 Å². The molecule has 0 spiro atoms. The monoisotopic (exact) mass is 273 g/mol. The van der Waals surface area contributed by atoms with Crippen molar-refractivity contribution >= 4 is 28.4 Å². The van der Waals surface area contributed by atoms with Crippen molar-refractivity contribution < 1.29 is 0 Å². The summed E-state index contributed by atoms with van der Waals surface area (Å²) in [6.45, 7) is 2.88. The summed E-state index contributed by atoms with van der Waals surface area (Å²) in [4.78, 5) is 5.95. The maximum atomic E-state index is 5.90. The lowest BCUT2D eigenvalue weighted by atomic mass is 10.1. The van der Waals surface area contributed by atoms with Gasteiger partial charge in [-0.3, -0.25) is 4.99 Å². The van der Waals surface area contributed by atoms with Gasteiger partial charge >= 0.3 is 0 Å². The van der Waals surface area contributed by atoms with Crippen molar-refractivity contribution in [1.29, 1.82) is 0 Å². The van der Waals surface area contributed by atoms with Crippen LogP contribution in [-0.4, -0.2) is 5.04 Å². The largest absolute Gasteiger partial charge is 0.273 e. The van der Waals surface area contributed by atoms with Crippen molar-refractivity contribution in [3.8, 4) is 0 Å². The van der Waals surface area contributed by atoms with Gasteiger partial charge < -0.3 is 0 Å². The van der Waals surface area contributed by atoms with Crippen molar-refractivity contribution in [2.45, 2.75) is 18.4 Å². The molecule has 0 saturated carbocycles. The lowest BCUT2D eigenvalue weighted by Gasteiger charge is -2.16. The van der Waals surface area contributed by atoms with E-state index in [1.54, 1.807) is 11.8 Å². The number of aliphatic imine (C=N–C) groups is 1. The molecule has 0 fully saturated rings. The van der Waals surface area contributed by atoms with Gasteiger partial charge in [0.2, 0.25) is 0 Å². The Bertz CT molecular complexity index is 617. The molecular formula is C15H12ClNS. The minimum absolute atomic E-state index is 0.760. The normalized spacial score (nSPS) is 14.0. The Morgan fingerprint density at radius 2 is 1.89 bits per heavy atom. The summed E-state index contributed by atoms with van der Waals surface area (Å²) in [5.41, 5.74) is 3.74.